The second-order valence-electron chi connectivity index (χ2n) is 7.32. The van der Waals surface area contributed by atoms with E-state index in [1.54, 1.807) is 13.0 Å². The van der Waals surface area contributed by atoms with E-state index in [1.807, 2.05) is 4.90 Å². The van der Waals surface area contributed by atoms with Gasteiger partial charge in [0.2, 0.25) is 12.1 Å². The van der Waals surface area contributed by atoms with Crippen molar-refractivity contribution in [2.24, 2.45) is 0 Å². The fourth-order valence-electron chi connectivity index (χ4n) is 4.15. The van der Waals surface area contributed by atoms with Gasteiger partial charge in [0.15, 0.2) is 0 Å². The van der Waals surface area contributed by atoms with Crippen LogP contribution in [0.2, 0.25) is 0 Å². The lowest BCUT2D eigenvalue weighted by atomic mass is 9.89. The van der Waals surface area contributed by atoms with Gasteiger partial charge in [-0.3, -0.25) is 0 Å². The first-order valence-corrected chi connectivity index (χ1v) is 9.88. The van der Waals surface area contributed by atoms with Crippen molar-refractivity contribution < 1.29 is 23.5 Å². The molecule has 0 radical (unpaired) electrons. The van der Waals surface area contributed by atoms with E-state index in [4.69, 9.17) is 13.9 Å². The molecule has 0 saturated heterocycles. The molecule has 0 aliphatic heterocycles. The van der Waals surface area contributed by atoms with Gasteiger partial charge in [0.25, 0.3) is 0 Å². The van der Waals surface area contributed by atoms with Crippen LogP contribution in [0.5, 0.6) is 0 Å². The topological polar surface area (TPSA) is 69.0 Å². The monoisotopic (exact) mass is 363 g/mol. The second kappa shape index (κ2) is 9.10. The molecule has 144 valence electrons. The maximum atomic E-state index is 12.9. The van der Waals surface area contributed by atoms with Gasteiger partial charge >= 0.3 is 12.1 Å². The number of carbonyl (C=O) groups is 2. The van der Waals surface area contributed by atoms with E-state index in [0.29, 0.717) is 0 Å². The highest BCUT2D eigenvalue weighted by atomic mass is 16.7. The summed E-state index contributed by atoms with van der Waals surface area (Å²) in [6.07, 6.45) is 11.3. The minimum absolute atomic E-state index is 0.101. The van der Waals surface area contributed by atoms with Crippen LogP contribution in [0.3, 0.4) is 0 Å². The van der Waals surface area contributed by atoms with Crippen molar-refractivity contribution >= 4 is 12.1 Å². The smallest absolute Gasteiger partial charge is 0.413 e. The van der Waals surface area contributed by atoms with Crippen LogP contribution in [-0.4, -0.2) is 35.3 Å². The van der Waals surface area contributed by atoms with E-state index >= 15 is 0 Å². The maximum absolute atomic E-state index is 12.9. The first-order valence-electron chi connectivity index (χ1n) is 9.88. The molecule has 26 heavy (non-hydrogen) atoms. The molecule has 0 aromatic carbocycles. The molecule has 2 aliphatic rings. The van der Waals surface area contributed by atoms with Gasteiger partial charge in [0.1, 0.15) is 0 Å². The molecule has 1 atom stereocenters. The summed E-state index contributed by atoms with van der Waals surface area (Å²) in [5.41, 5.74) is 0. The molecule has 6 heteroatoms. The van der Waals surface area contributed by atoms with Crippen molar-refractivity contribution in [3.05, 3.63) is 24.2 Å². The molecule has 2 fully saturated rings. The molecule has 0 bridgehead atoms. The van der Waals surface area contributed by atoms with Crippen LogP contribution in [0.15, 0.2) is 22.8 Å². The van der Waals surface area contributed by atoms with Crippen LogP contribution in [-0.2, 0) is 9.47 Å². The van der Waals surface area contributed by atoms with Crippen LogP contribution < -0.4 is 0 Å². The van der Waals surface area contributed by atoms with Crippen LogP contribution in [0.4, 0.5) is 4.79 Å². The van der Waals surface area contributed by atoms with Gasteiger partial charge in [0.05, 0.1) is 6.26 Å². The van der Waals surface area contributed by atoms with E-state index in [-0.39, 0.29) is 23.9 Å². The molecule has 0 spiro atoms. The lowest BCUT2D eigenvalue weighted by Gasteiger charge is -2.41. The second-order valence-corrected chi connectivity index (χ2v) is 7.32. The Kier molecular flexibility index (Phi) is 6.58. The highest BCUT2D eigenvalue weighted by Crippen LogP contribution is 2.31. The zero-order valence-corrected chi connectivity index (χ0v) is 15.5. The van der Waals surface area contributed by atoms with Crippen molar-refractivity contribution in [2.75, 3.05) is 0 Å². The van der Waals surface area contributed by atoms with Gasteiger partial charge < -0.3 is 18.8 Å². The molecular weight excluding hydrogens is 334 g/mol. The van der Waals surface area contributed by atoms with E-state index in [9.17, 15) is 9.59 Å². The van der Waals surface area contributed by atoms with E-state index in [0.717, 1.165) is 51.4 Å². The molecule has 2 aliphatic carbocycles. The fourth-order valence-corrected chi connectivity index (χ4v) is 4.15. The Balaban J connectivity index is 1.61. The number of amides is 1. The predicted octanol–water partition coefficient (Wildman–Crippen LogP) is 4.89. The number of rotatable bonds is 5. The Morgan fingerprint density at radius 3 is 2.08 bits per heavy atom. The van der Waals surface area contributed by atoms with Crippen LogP contribution in [0.1, 0.15) is 81.7 Å². The summed E-state index contributed by atoms with van der Waals surface area (Å²) in [5, 5.41) is 0. The molecular formula is C20H29NO5. The third-order valence-corrected chi connectivity index (χ3v) is 5.41. The first kappa shape index (κ1) is 18.8. The number of nitrogens with zero attached hydrogens (tertiary/aromatic N) is 1. The predicted molar refractivity (Wildman–Crippen MR) is 95.7 cm³/mol. The van der Waals surface area contributed by atoms with Gasteiger partial charge in [-0.15, -0.1) is 0 Å². The fraction of sp³-hybridized carbons (Fsp3) is 0.700. The summed E-state index contributed by atoms with van der Waals surface area (Å²) in [7, 11) is 0. The quantitative estimate of drug-likeness (QED) is 0.550. The van der Waals surface area contributed by atoms with E-state index in [1.165, 1.54) is 25.2 Å². The molecule has 1 aromatic rings. The van der Waals surface area contributed by atoms with Crippen LogP contribution >= 0.6 is 0 Å². The molecule has 1 aromatic heterocycles. The van der Waals surface area contributed by atoms with Crippen molar-refractivity contribution in [3.63, 3.8) is 0 Å². The molecule has 6 nitrogen and oxygen atoms in total. The van der Waals surface area contributed by atoms with Crippen molar-refractivity contribution in [1.29, 1.82) is 0 Å². The standard InChI is InChI=1S/C20H29NO5/c1-15(25-19(22)18-13-8-14-24-18)26-20(23)21(16-9-4-2-5-10-16)17-11-6-3-7-12-17/h8,13-17H,2-7,9-12H2,1H3. The van der Waals surface area contributed by atoms with Gasteiger partial charge in [-0.25, -0.2) is 9.59 Å². The highest BCUT2D eigenvalue weighted by Gasteiger charge is 2.34. The molecule has 1 unspecified atom stereocenters. The number of carbonyl (C=O) groups excluding carboxylic acids is 2. The van der Waals surface area contributed by atoms with Crippen molar-refractivity contribution in [3.8, 4) is 0 Å². The largest absolute Gasteiger partial charge is 0.457 e. The lowest BCUT2D eigenvalue weighted by molar-refractivity contribution is -0.0789. The number of ether oxygens (including phenoxy) is 2. The summed E-state index contributed by atoms with van der Waals surface area (Å²) < 4.78 is 15.7. The number of esters is 1. The normalized spacial score (nSPS) is 20.3. The molecule has 0 N–H and O–H groups in total. The zero-order valence-electron chi connectivity index (χ0n) is 15.5. The number of furan rings is 1. The summed E-state index contributed by atoms with van der Waals surface area (Å²) in [6, 6.07) is 3.62. The number of hydrogen-bond donors (Lipinski definition) is 0. The lowest BCUT2D eigenvalue weighted by Crippen LogP contribution is -2.49. The van der Waals surface area contributed by atoms with Gasteiger partial charge in [-0.2, -0.15) is 0 Å². The average Bonchev–Trinajstić information content (AvgIpc) is 3.18. The van der Waals surface area contributed by atoms with Gasteiger partial charge in [0, 0.05) is 19.0 Å². The van der Waals surface area contributed by atoms with E-state index in [2.05, 4.69) is 0 Å². The summed E-state index contributed by atoms with van der Waals surface area (Å²) in [6.45, 7) is 1.57. The maximum Gasteiger partial charge on any atom is 0.413 e. The van der Waals surface area contributed by atoms with Gasteiger partial charge in [-0.05, 0) is 37.8 Å². The first-order chi connectivity index (χ1) is 12.6. The average molecular weight is 363 g/mol. The van der Waals surface area contributed by atoms with Crippen LogP contribution in [0.25, 0.3) is 0 Å². The number of hydrogen-bond acceptors (Lipinski definition) is 5. The Morgan fingerprint density at radius 2 is 1.58 bits per heavy atom. The molecule has 2 saturated carbocycles. The summed E-state index contributed by atoms with van der Waals surface area (Å²) in [5.74, 6) is -0.526. The van der Waals surface area contributed by atoms with Crippen molar-refractivity contribution in [1.82, 2.24) is 4.90 Å². The minimum atomic E-state index is -0.949. The van der Waals surface area contributed by atoms with Gasteiger partial charge in [-0.1, -0.05) is 38.5 Å². The Morgan fingerprint density at radius 1 is 1.00 bits per heavy atom. The van der Waals surface area contributed by atoms with Crippen LogP contribution in [0, 0.1) is 0 Å². The Labute approximate surface area is 154 Å². The zero-order chi connectivity index (χ0) is 18.4. The molecule has 3 rings (SSSR count). The third-order valence-electron chi connectivity index (χ3n) is 5.41. The third kappa shape index (κ3) is 4.80. The Hall–Kier alpha value is -1.98. The SMILES string of the molecule is CC(OC(=O)c1ccco1)OC(=O)N(C1CCCCC1)C1CCCCC1. The molecule has 1 amide bonds. The Bertz CT molecular complexity index is 555. The molecule has 1 heterocycles. The summed E-state index contributed by atoms with van der Waals surface area (Å²) >= 11 is 0. The minimum Gasteiger partial charge on any atom is -0.457 e. The summed E-state index contributed by atoms with van der Waals surface area (Å²) in [4.78, 5) is 26.8. The van der Waals surface area contributed by atoms with E-state index < -0.39 is 12.3 Å². The van der Waals surface area contributed by atoms with Crippen molar-refractivity contribution in [2.45, 2.75) is 89.5 Å². The highest BCUT2D eigenvalue weighted by molar-refractivity contribution is 5.86.